The molecule has 0 N–H and O–H groups in total. The van der Waals surface area contributed by atoms with Crippen LogP contribution in [0.4, 0.5) is 11.6 Å². The Balaban J connectivity index is 2.15. The number of anilines is 1. The Morgan fingerprint density at radius 3 is 2.81 bits per heavy atom. The van der Waals surface area contributed by atoms with Crippen LogP contribution in [0.1, 0.15) is 25.5 Å². The molecule has 1 unspecified atom stereocenters. The second-order valence-electron chi connectivity index (χ2n) is 5.19. The summed E-state index contributed by atoms with van der Waals surface area (Å²) < 4.78 is 1.55. The molecule has 3 heterocycles. The minimum atomic E-state index is -0.443. The summed E-state index contributed by atoms with van der Waals surface area (Å²) in [6.45, 7) is 4.64. The number of aromatic nitrogens is 4. The van der Waals surface area contributed by atoms with E-state index in [1.54, 1.807) is 23.9 Å². The molecule has 1 fully saturated rings. The summed E-state index contributed by atoms with van der Waals surface area (Å²) in [6, 6.07) is 0.349. The van der Waals surface area contributed by atoms with E-state index in [-0.39, 0.29) is 11.5 Å². The van der Waals surface area contributed by atoms with Gasteiger partial charge >= 0.3 is 5.69 Å². The Hall–Kier alpha value is -2.51. The van der Waals surface area contributed by atoms with Crippen LogP contribution in [-0.4, -0.2) is 37.0 Å². The van der Waals surface area contributed by atoms with Gasteiger partial charge in [-0.3, -0.25) is 14.7 Å². The van der Waals surface area contributed by atoms with Crippen molar-refractivity contribution in [3.05, 3.63) is 34.5 Å². The Labute approximate surface area is 121 Å². The van der Waals surface area contributed by atoms with Crippen molar-refractivity contribution in [3.63, 3.8) is 0 Å². The smallest absolute Gasteiger partial charge is 0.333 e. The van der Waals surface area contributed by atoms with Gasteiger partial charge in [0.25, 0.3) is 0 Å². The highest BCUT2D eigenvalue weighted by atomic mass is 16.6. The molecular formula is C13H16N6O2. The van der Waals surface area contributed by atoms with Gasteiger partial charge in [-0.15, -0.1) is 0 Å². The van der Waals surface area contributed by atoms with Crippen molar-refractivity contribution >= 4 is 11.6 Å². The van der Waals surface area contributed by atoms with E-state index in [0.29, 0.717) is 17.7 Å². The molecule has 1 atom stereocenters. The Morgan fingerprint density at radius 2 is 2.24 bits per heavy atom. The molecule has 1 saturated heterocycles. The van der Waals surface area contributed by atoms with Crippen molar-refractivity contribution < 1.29 is 4.92 Å². The number of aryl methyl sites for hydroxylation is 1. The number of hydrogen-bond acceptors (Lipinski definition) is 6. The van der Waals surface area contributed by atoms with Gasteiger partial charge in [0.15, 0.2) is 0 Å². The van der Waals surface area contributed by atoms with Crippen LogP contribution in [0, 0.1) is 17.0 Å². The molecule has 0 aromatic carbocycles. The van der Waals surface area contributed by atoms with Crippen molar-refractivity contribution in [1.82, 2.24) is 19.5 Å². The molecule has 0 aliphatic carbocycles. The molecule has 1 aliphatic heterocycles. The molecule has 0 amide bonds. The van der Waals surface area contributed by atoms with Gasteiger partial charge in [0.05, 0.1) is 4.92 Å². The maximum Gasteiger partial charge on any atom is 0.333 e. The van der Waals surface area contributed by atoms with Gasteiger partial charge in [0.2, 0.25) is 11.8 Å². The van der Waals surface area contributed by atoms with Gasteiger partial charge in [-0.25, -0.2) is 9.97 Å². The Bertz CT molecular complexity index is 670. The molecule has 0 bridgehead atoms. The van der Waals surface area contributed by atoms with E-state index in [2.05, 4.69) is 26.8 Å². The predicted octanol–water partition coefficient (Wildman–Crippen LogP) is 1.87. The first-order valence-electron chi connectivity index (χ1n) is 6.86. The van der Waals surface area contributed by atoms with Crippen LogP contribution in [0.25, 0.3) is 5.82 Å². The molecule has 2 aromatic heterocycles. The lowest BCUT2D eigenvalue weighted by Gasteiger charge is -2.22. The van der Waals surface area contributed by atoms with Gasteiger partial charge < -0.3 is 4.90 Å². The van der Waals surface area contributed by atoms with Gasteiger partial charge in [-0.05, 0) is 26.7 Å². The second-order valence-corrected chi connectivity index (χ2v) is 5.19. The predicted molar refractivity (Wildman–Crippen MR) is 76.6 cm³/mol. The number of rotatable bonds is 3. The largest absolute Gasteiger partial charge is 0.338 e. The monoisotopic (exact) mass is 288 g/mol. The highest BCUT2D eigenvalue weighted by Gasteiger charge is 2.28. The number of hydrogen-bond donors (Lipinski definition) is 0. The van der Waals surface area contributed by atoms with Gasteiger partial charge in [0, 0.05) is 25.0 Å². The molecule has 1 aliphatic rings. The maximum atomic E-state index is 11.3. The maximum absolute atomic E-state index is 11.3. The zero-order chi connectivity index (χ0) is 15.0. The van der Waals surface area contributed by atoms with Crippen LogP contribution in [0.2, 0.25) is 0 Å². The van der Waals surface area contributed by atoms with Gasteiger partial charge in [-0.2, -0.15) is 4.98 Å². The molecule has 0 spiro atoms. The van der Waals surface area contributed by atoms with E-state index >= 15 is 0 Å². The summed E-state index contributed by atoms with van der Waals surface area (Å²) in [4.78, 5) is 25.7. The number of nitro groups is 1. The van der Waals surface area contributed by atoms with Crippen LogP contribution in [0.15, 0.2) is 18.7 Å². The first kappa shape index (κ1) is 13.5. The molecule has 0 saturated carbocycles. The first-order valence-corrected chi connectivity index (χ1v) is 6.86. The lowest BCUT2D eigenvalue weighted by molar-refractivity contribution is -0.385. The molecule has 8 heteroatoms. The average molecular weight is 288 g/mol. The van der Waals surface area contributed by atoms with E-state index in [1.165, 1.54) is 6.33 Å². The molecule has 110 valence electrons. The lowest BCUT2D eigenvalue weighted by atomic mass is 10.2. The van der Waals surface area contributed by atoms with Crippen LogP contribution in [-0.2, 0) is 0 Å². The van der Waals surface area contributed by atoms with E-state index < -0.39 is 4.92 Å². The lowest BCUT2D eigenvalue weighted by Crippen LogP contribution is -2.29. The third-order valence-electron chi connectivity index (χ3n) is 3.77. The molecule has 3 rings (SSSR count). The molecular weight excluding hydrogens is 272 g/mol. The Kier molecular flexibility index (Phi) is 3.28. The van der Waals surface area contributed by atoms with E-state index in [4.69, 9.17) is 0 Å². The zero-order valence-corrected chi connectivity index (χ0v) is 11.9. The third-order valence-corrected chi connectivity index (χ3v) is 3.77. The van der Waals surface area contributed by atoms with Crippen molar-refractivity contribution in [1.29, 1.82) is 0 Å². The fourth-order valence-electron chi connectivity index (χ4n) is 2.67. The normalized spacial score (nSPS) is 18.2. The molecule has 0 radical (unpaired) electrons. The van der Waals surface area contributed by atoms with Crippen LogP contribution in [0.5, 0.6) is 0 Å². The SMILES string of the molecule is Cc1nc(N2CCCC2C)nc(-n2ccnc2)c1[N+](=O)[O-]. The van der Waals surface area contributed by atoms with Crippen molar-refractivity contribution in [2.24, 2.45) is 0 Å². The molecule has 21 heavy (non-hydrogen) atoms. The van der Waals surface area contributed by atoms with Crippen LogP contribution >= 0.6 is 0 Å². The average Bonchev–Trinajstić information content (AvgIpc) is 3.08. The summed E-state index contributed by atoms with van der Waals surface area (Å²) in [5.41, 5.74) is 0.288. The van der Waals surface area contributed by atoms with Crippen molar-refractivity contribution in [3.8, 4) is 5.82 Å². The Morgan fingerprint density at radius 1 is 1.43 bits per heavy atom. The quantitative estimate of drug-likeness (QED) is 0.632. The van der Waals surface area contributed by atoms with E-state index in [0.717, 1.165) is 19.4 Å². The summed E-state index contributed by atoms with van der Waals surface area (Å²) >= 11 is 0. The summed E-state index contributed by atoms with van der Waals surface area (Å²) in [7, 11) is 0. The number of nitrogens with zero attached hydrogens (tertiary/aromatic N) is 6. The minimum absolute atomic E-state index is 0.0800. The third kappa shape index (κ3) is 2.32. The second kappa shape index (κ2) is 5.12. The van der Waals surface area contributed by atoms with Crippen molar-refractivity contribution in [2.45, 2.75) is 32.7 Å². The zero-order valence-electron chi connectivity index (χ0n) is 11.9. The standard InChI is InChI=1S/C13H16N6O2/c1-9-4-3-6-18(9)13-15-10(2)11(19(20)21)12(16-13)17-7-5-14-8-17/h5,7-9H,3-4,6H2,1-2H3. The molecule has 2 aromatic rings. The van der Waals surface area contributed by atoms with Gasteiger partial charge in [-0.1, -0.05) is 0 Å². The minimum Gasteiger partial charge on any atom is -0.338 e. The highest BCUT2D eigenvalue weighted by Crippen LogP contribution is 2.29. The van der Waals surface area contributed by atoms with Gasteiger partial charge in [0.1, 0.15) is 12.0 Å². The molecule has 8 nitrogen and oxygen atoms in total. The van der Waals surface area contributed by atoms with E-state index in [1.807, 2.05) is 0 Å². The highest BCUT2D eigenvalue weighted by molar-refractivity contribution is 5.54. The van der Waals surface area contributed by atoms with Crippen molar-refractivity contribution in [2.75, 3.05) is 11.4 Å². The fourth-order valence-corrected chi connectivity index (χ4v) is 2.67. The first-order chi connectivity index (χ1) is 10.1. The number of imidazole rings is 1. The van der Waals surface area contributed by atoms with Crippen LogP contribution in [0.3, 0.4) is 0 Å². The summed E-state index contributed by atoms with van der Waals surface area (Å²) in [5.74, 6) is 0.811. The van der Waals surface area contributed by atoms with E-state index in [9.17, 15) is 10.1 Å². The summed E-state index contributed by atoms with van der Waals surface area (Å²) in [5, 5.41) is 11.3. The fraction of sp³-hybridized carbons (Fsp3) is 0.462. The summed E-state index contributed by atoms with van der Waals surface area (Å²) in [6.07, 6.45) is 6.89. The topological polar surface area (TPSA) is 90.0 Å². The van der Waals surface area contributed by atoms with Crippen LogP contribution < -0.4 is 4.90 Å².